The first-order valence-electron chi connectivity index (χ1n) is 11.3. The maximum atomic E-state index is 11.1. The summed E-state index contributed by atoms with van der Waals surface area (Å²) in [4.78, 5) is 16.3. The second-order valence-electron chi connectivity index (χ2n) is 8.53. The number of morpholine rings is 1. The Morgan fingerprint density at radius 1 is 1.06 bits per heavy atom. The van der Waals surface area contributed by atoms with Crippen LogP contribution >= 0.6 is 0 Å². The van der Waals surface area contributed by atoms with Crippen LogP contribution in [0.4, 0.5) is 11.6 Å². The Bertz CT molecular complexity index is 1340. The van der Waals surface area contributed by atoms with E-state index in [2.05, 4.69) is 30.5 Å². The van der Waals surface area contributed by atoms with Crippen molar-refractivity contribution in [2.75, 3.05) is 68.2 Å². The number of aromatic nitrogens is 5. The molecule has 12 heteroatoms. The number of imidazole rings is 1. The first-order chi connectivity index (χ1) is 16.7. The lowest BCUT2D eigenvalue weighted by molar-refractivity contribution is 0.122. The summed E-state index contributed by atoms with van der Waals surface area (Å²) < 4.78 is 29.9. The largest absolute Gasteiger partial charge is 0.771 e. The predicted octanol–water partition coefficient (Wildman–Crippen LogP) is 1.07. The normalized spacial score (nSPS) is 18.7. The highest BCUT2D eigenvalue weighted by Crippen LogP contribution is 2.32. The van der Waals surface area contributed by atoms with E-state index in [9.17, 15) is 8.76 Å². The van der Waals surface area contributed by atoms with Crippen molar-refractivity contribution in [1.29, 1.82) is 0 Å². The minimum Gasteiger partial charge on any atom is -0.771 e. The molecular formula is C22H25N8O3S-. The van der Waals surface area contributed by atoms with Crippen molar-refractivity contribution in [2.45, 2.75) is 0 Å². The van der Waals surface area contributed by atoms with E-state index in [1.165, 1.54) is 0 Å². The fourth-order valence-corrected chi connectivity index (χ4v) is 5.31. The highest BCUT2D eigenvalue weighted by molar-refractivity contribution is 7.79. The SMILES string of the molecule is O=S([O-])CN1CCN(c2cnc3c(N4CCOCC4)nc(-c4cccc5[nH]ncc45)cn23)CC1. The molecule has 0 bridgehead atoms. The van der Waals surface area contributed by atoms with Crippen molar-refractivity contribution < 1.29 is 13.5 Å². The topological polar surface area (TPSA) is 118 Å². The van der Waals surface area contributed by atoms with Crippen molar-refractivity contribution in [3.05, 3.63) is 36.8 Å². The van der Waals surface area contributed by atoms with Crippen LogP contribution in [0.2, 0.25) is 0 Å². The number of piperazine rings is 1. The molecule has 1 N–H and O–H groups in total. The standard InChI is InChI=1S/C22H26N8O3S/c31-34(32)15-27-4-6-28(7-5-27)20-13-23-21-22(29-8-10-33-11-9-29)25-19(14-30(20)21)16-2-1-3-18-17(16)12-24-26-18/h1-3,12-14H,4-11,15H2,(H,24,26)(H,31,32)/p-1. The summed E-state index contributed by atoms with van der Waals surface area (Å²) in [5.41, 5.74) is 3.62. The lowest BCUT2D eigenvalue weighted by atomic mass is 10.1. The lowest BCUT2D eigenvalue weighted by Crippen LogP contribution is -2.47. The Kier molecular flexibility index (Phi) is 5.65. The Morgan fingerprint density at radius 2 is 1.88 bits per heavy atom. The number of ether oxygens (including phenoxy) is 1. The molecule has 0 aliphatic carbocycles. The summed E-state index contributed by atoms with van der Waals surface area (Å²) in [5, 5.41) is 8.27. The molecule has 2 aliphatic rings. The van der Waals surface area contributed by atoms with Crippen molar-refractivity contribution in [3.63, 3.8) is 0 Å². The van der Waals surface area contributed by atoms with Crippen LogP contribution in [0, 0.1) is 0 Å². The molecule has 0 saturated carbocycles. The van der Waals surface area contributed by atoms with Crippen LogP contribution in [0.3, 0.4) is 0 Å². The number of rotatable bonds is 5. The zero-order chi connectivity index (χ0) is 23.1. The van der Waals surface area contributed by atoms with Gasteiger partial charge >= 0.3 is 0 Å². The van der Waals surface area contributed by atoms with Crippen LogP contribution in [0.25, 0.3) is 27.8 Å². The van der Waals surface area contributed by atoms with E-state index in [4.69, 9.17) is 14.7 Å². The minimum atomic E-state index is -2.06. The van der Waals surface area contributed by atoms with Gasteiger partial charge in [0, 0.05) is 56.4 Å². The van der Waals surface area contributed by atoms with Crippen LogP contribution in [0.1, 0.15) is 0 Å². The fraction of sp³-hybridized carbons (Fsp3) is 0.409. The molecular weight excluding hydrogens is 456 g/mol. The van der Waals surface area contributed by atoms with Crippen LogP contribution in [-0.4, -0.2) is 96.6 Å². The molecule has 1 unspecified atom stereocenters. The molecule has 1 atom stereocenters. The van der Waals surface area contributed by atoms with Crippen molar-refractivity contribution in [2.24, 2.45) is 0 Å². The quantitative estimate of drug-likeness (QED) is 0.418. The maximum Gasteiger partial charge on any atom is 0.181 e. The molecule has 11 nitrogen and oxygen atoms in total. The zero-order valence-electron chi connectivity index (χ0n) is 18.6. The molecule has 34 heavy (non-hydrogen) atoms. The molecule has 0 radical (unpaired) electrons. The van der Waals surface area contributed by atoms with Crippen LogP contribution in [-0.2, 0) is 15.8 Å². The number of fused-ring (bicyclic) bond motifs is 2. The van der Waals surface area contributed by atoms with E-state index >= 15 is 0 Å². The highest BCUT2D eigenvalue weighted by atomic mass is 32.2. The van der Waals surface area contributed by atoms with Crippen molar-refractivity contribution in [3.8, 4) is 11.3 Å². The van der Waals surface area contributed by atoms with Crippen LogP contribution in [0.15, 0.2) is 36.8 Å². The van der Waals surface area contributed by atoms with Crippen molar-refractivity contribution in [1.82, 2.24) is 29.5 Å². The Balaban J connectivity index is 1.44. The van der Waals surface area contributed by atoms with Gasteiger partial charge in [-0.2, -0.15) is 5.10 Å². The molecule has 2 saturated heterocycles. The van der Waals surface area contributed by atoms with Gasteiger partial charge in [0.2, 0.25) is 0 Å². The summed E-state index contributed by atoms with van der Waals surface area (Å²) >= 11 is -2.06. The third-order valence-corrected chi connectivity index (χ3v) is 7.09. The molecule has 6 rings (SSSR count). The lowest BCUT2D eigenvalue weighted by Gasteiger charge is -2.35. The van der Waals surface area contributed by atoms with Gasteiger partial charge in [0.05, 0.1) is 42.7 Å². The number of aromatic amines is 1. The fourth-order valence-electron chi connectivity index (χ4n) is 4.76. The first-order valence-corrected chi connectivity index (χ1v) is 12.6. The molecule has 4 aromatic rings. The summed E-state index contributed by atoms with van der Waals surface area (Å²) in [6, 6.07) is 6.07. The molecule has 2 aliphatic heterocycles. The van der Waals surface area contributed by atoms with Gasteiger partial charge in [0.15, 0.2) is 11.5 Å². The zero-order valence-corrected chi connectivity index (χ0v) is 19.4. The van der Waals surface area contributed by atoms with Crippen molar-refractivity contribution >= 4 is 39.3 Å². The van der Waals surface area contributed by atoms with E-state index in [-0.39, 0.29) is 5.88 Å². The smallest absolute Gasteiger partial charge is 0.181 e. The first kappa shape index (κ1) is 21.5. The van der Waals surface area contributed by atoms with Gasteiger partial charge in [0.25, 0.3) is 0 Å². The summed E-state index contributed by atoms with van der Waals surface area (Å²) in [6.45, 7) is 5.66. The van der Waals surface area contributed by atoms with E-state index in [1.807, 2.05) is 35.6 Å². The monoisotopic (exact) mass is 481 g/mol. The van der Waals surface area contributed by atoms with E-state index < -0.39 is 11.1 Å². The highest BCUT2D eigenvalue weighted by Gasteiger charge is 2.24. The summed E-state index contributed by atoms with van der Waals surface area (Å²) in [5.74, 6) is 1.90. The average Bonchev–Trinajstić information content (AvgIpc) is 3.51. The average molecular weight is 482 g/mol. The number of hydrogen-bond donors (Lipinski definition) is 1. The maximum absolute atomic E-state index is 11.1. The Morgan fingerprint density at radius 3 is 2.68 bits per heavy atom. The van der Waals surface area contributed by atoms with Gasteiger partial charge in [-0.15, -0.1) is 0 Å². The Labute approximate surface area is 198 Å². The number of hydrogen-bond acceptors (Lipinski definition) is 9. The predicted molar refractivity (Wildman–Crippen MR) is 129 cm³/mol. The third kappa shape index (κ3) is 3.92. The van der Waals surface area contributed by atoms with Gasteiger partial charge in [-0.1, -0.05) is 12.1 Å². The molecule has 0 spiro atoms. The van der Waals surface area contributed by atoms with Gasteiger partial charge < -0.3 is 19.1 Å². The van der Waals surface area contributed by atoms with Gasteiger partial charge in [0.1, 0.15) is 5.82 Å². The second-order valence-corrected chi connectivity index (χ2v) is 9.40. The van der Waals surface area contributed by atoms with Gasteiger partial charge in [-0.05, 0) is 17.1 Å². The molecule has 1 aromatic carbocycles. The van der Waals surface area contributed by atoms with E-state index in [0.29, 0.717) is 26.3 Å². The third-order valence-electron chi connectivity index (χ3n) is 6.51. The van der Waals surface area contributed by atoms with E-state index in [1.54, 1.807) is 0 Å². The molecule has 5 heterocycles. The second kappa shape index (κ2) is 8.95. The number of H-pyrrole nitrogens is 1. The molecule has 0 amide bonds. The van der Waals surface area contributed by atoms with Crippen LogP contribution in [0.5, 0.6) is 0 Å². The number of benzene rings is 1. The van der Waals surface area contributed by atoms with Gasteiger partial charge in [-0.25, -0.2) is 9.97 Å². The summed E-state index contributed by atoms with van der Waals surface area (Å²) in [7, 11) is 0. The summed E-state index contributed by atoms with van der Waals surface area (Å²) in [6.07, 6.45) is 5.77. The molecule has 178 valence electrons. The minimum absolute atomic E-state index is 0.0744. The molecule has 3 aromatic heterocycles. The number of anilines is 2. The van der Waals surface area contributed by atoms with Crippen LogP contribution < -0.4 is 9.80 Å². The number of nitrogens with zero attached hydrogens (tertiary/aromatic N) is 7. The van der Waals surface area contributed by atoms with Gasteiger partial charge in [-0.3, -0.25) is 18.6 Å². The Hall–Kier alpha value is -3.06. The molecule has 2 fully saturated rings. The number of nitrogens with one attached hydrogen (secondary N) is 1. The van der Waals surface area contributed by atoms with E-state index in [0.717, 1.165) is 65.6 Å².